The molecule has 0 atom stereocenters. The minimum absolute atomic E-state index is 0.0891. The van der Waals surface area contributed by atoms with E-state index in [0.717, 1.165) is 21.7 Å². The molecule has 4 nitrogen and oxygen atoms in total. The summed E-state index contributed by atoms with van der Waals surface area (Å²) in [6, 6.07) is 7.75. The Balaban J connectivity index is 2.18. The van der Waals surface area contributed by atoms with E-state index < -0.39 is 0 Å². The van der Waals surface area contributed by atoms with Crippen molar-refractivity contribution in [3.05, 3.63) is 57.4 Å². The Hall–Kier alpha value is -2.18. The van der Waals surface area contributed by atoms with Gasteiger partial charge < -0.3 is 9.72 Å². The highest BCUT2D eigenvalue weighted by atomic mass is 32.1. The van der Waals surface area contributed by atoms with Crippen molar-refractivity contribution in [2.24, 2.45) is 0 Å². The van der Waals surface area contributed by atoms with Crippen LogP contribution in [0.25, 0.3) is 21.3 Å². The molecule has 1 N–H and O–H groups in total. The molecular weight excluding hydrogens is 328 g/mol. The van der Waals surface area contributed by atoms with Crippen LogP contribution in [-0.2, 0) is 6.54 Å². The molecule has 6 heteroatoms. The van der Waals surface area contributed by atoms with Crippen molar-refractivity contribution in [3.63, 3.8) is 0 Å². The molecule has 0 aliphatic heterocycles. The van der Waals surface area contributed by atoms with Gasteiger partial charge in [-0.3, -0.25) is 9.36 Å². The van der Waals surface area contributed by atoms with Crippen LogP contribution < -0.4 is 10.3 Å². The second-order valence-corrected chi connectivity index (χ2v) is 6.21. The summed E-state index contributed by atoms with van der Waals surface area (Å²) in [5.41, 5.74) is 1.79. The lowest BCUT2D eigenvalue weighted by Crippen LogP contribution is -2.21. The molecule has 0 spiro atoms. The highest BCUT2D eigenvalue weighted by Crippen LogP contribution is 2.31. The Kier molecular flexibility index (Phi) is 4.45. The van der Waals surface area contributed by atoms with E-state index in [-0.39, 0.29) is 5.56 Å². The SMILES string of the molecule is C=CCn1c(=S)[nH]c2scc(-c3ccc(OCC)cc3)c2c1=O. The lowest BCUT2D eigenvalue weighted by atomic mass is 10.1. The highest BCUT2D eigenvalue weighted by Gasteiger charge is 2.13. The Morgan fingerprint density at radius 1 is 1.39 bits per heavy atom. The van der Waals surface area contributed by atoms with E-state index in [1.807, 2.05) is 36.6 Å². The summed E-state index contributed by atoms with van der Waals surface area (Å²) in [7, 11) is 0. The molecule has 2 aromatic heterocycles. The molecule has 3 rings (SSSR count). The molecule has 1 aromatic carbocycles. The average molecular weight is 344 g/mol. The Bertz CT molecular complexity index is 965. The lowest BCUT2D eigenvalue weighted by Gasteiger charge is -2.06. The zero-order valence-electron chi connectivity index (χ0n) is 12.7. The summed E-state index contributed by atoms with van der Waals surface area (Å²) in [4.78, 5) is 16.7. The Morgan fingerprint density at radius 3 is 2.78 bits per heavy atom. The van der Waals surface area contributed by atoms with Gasteiger partial charge in [0.1, 0.15) is 10.6 Å². The van der Waals surface area contributed by atoms with Crippen molar-refractivity contribution in [3.8, 4) is 16.9 Å². The third kappa shape index (κ3) is 2.87. The van der Waals surface area contributed by atoms with Crippen LogP contribution in [0, 0.1) is 4.77 Å². The van der Waals surface area contributed by atoms with Gasteiger partial charge in [-0.25, -0.2) is 0 Å². The van der Waals surface area contributed by atoms with Gasteiger partial charge in [0.25, 0.3) is 5.56 Å². The predicted octanol–water partition coefficient (Wildman–Crippen LogP) is 4.37. The number of nitrogens with one attached hydrogen (secondary N) is 1. The fourth-order valence-electron chi connectivity index (χ4n) is 2.46. The molecule has 23 heavy (non-hydrogen) atoms. The molecule has 0 radical (unpaired) electrons. The zero-order chi connectivity index (χ0) is 16.4. The smallest absolute Gasteiger partial charge is 0.263 e. The van der Waals surface area contributed by atoms with Gasteiger partial charge in [0.2, 0.25) is 0 Å². The van der Waals surface area contributed by atoms with Crippen LogP contribution in [0.1, 0.15) is 6.92 Å². The van der Waals surface area contributed by atoms with Gasteiger partial charge in [0.05, 0.1) is 12.0 Å². The van der Waals surface area contributed by atoms with E-state index >= 15 is 0 Å². The number of hydrogen-bond donors (Lipinski definition) is 1. The molecule has 0 unspecified atom stereocenters. The third-order valence-corrected chi connectivity index (χ3v) is 4.72. The summed E-state index contributed by atoms with van der Waals surface area (Å²) in [5, 5.41) is 2.64. The Labute approximate surface area is 142 Å². The second-order valence-electron chi connectivity index (χ2n) is 4.95. The number of rotatable bonds is 5. The van der Waals surface area contributed by atoms with E-state index in [2.05, 4.69) is 11.6 Å². The summed E-state index contributed by atoms with van der Waals surface area (Å²) in [5.74, 6) is 0.819. The molecular formula is C17H16N2O2S2. The van der Waals surface area contributed by atoms with E-state index in [1.54, 1.807) is 6.08 Å². The minimum atomic E-state index is -0.0891. The first-order valence-corrected chi connectivity index (χ1v) is 8.53. The number of hydrogen-bond acceptors (Lipinski definition) is 4. The van der Waals surface area contributed by atoms with Gasteiger partial charge >= 0.3 is 0 Å². The van der Waals surface area contributed by atoms with Gasteiger partial charge in [-0.1, -0.05) is 18.2 Å². The highest BCUT2D eigenvalue weighted by molar-refractivity contribution is 7.71. The molecule has 0 bridgehead atoms. The van der Waals surface area contributed by atoms with Gasteiger partial charge in [-0.2, -0.15) is 0 Å². The van der Waals surface area contributed by atoms with Crippen LogP contribution >= 0.6 is 23.6 Å². The molecule has 0 amide bonds. The summed E-state index contributed by atoms with van der Waals surface area (Å²) < 4.78 is 7.40. The van der Waals surface area contributed by atoms with Gasteiger partial charge in [-0.15, -0.1) is 17.9 Å². The number of aromatic amines is 1. The number of aromatic nitrogens is 2. The maximum absolute atomic E-state index is 12.8. The maximum atomic E-state index is 12.8. The van der Waals surface area contributed by atoms with Gasteiger partial charge in [-0.05, 0) is 36.8 Å². The van der Waals surface area contributed by atoms with Crippen LogP contribution in [0.4, 0.5) is 0 Å². The second kappa shape index (κ2) is 6.52. The van der Waals surface area contributed by atoms with Crippen LogP contribution in [0.5, 0.6) is 5.75 Å². The lowest BCUT2D eigenvalue weighted by molar-refractivity contribution is 0.340. The van der Waals surface area contributed by atoms with Crippen LogP contribution in [0.15, 0.2) is 47.1 Å². The number of nitrogens with zero attached hydrogens (tertiary/aromatic N) is 1. The largest absolute Gasteiger partial charge is 0.494 e. The van der Waals surface area contributed by atoms with Crippen molar-refractivity contribution < 1.29 is 4.74 Å². The molecule has 0 fully saturated rings. The van der Waals surface area contributed by atoms with Crippen molar-refractivity contribution in [2.75, 3.05) is 6.61 Å². The standard InChI is InChI=1S/C17H16N2O2S2/c1-3-9-19-16(20)14-13(10-23-15(14)18-17(19)22)11-5-7-12(8-6-11)21-4-2/h3,5-8,10H,1,4,9H2,2H3,(H,18,22). The minimum Gasteiger partial charge on any atom is -0.494 e. The molecule has 0 aliphatic rings. The number of thiophene rings is 1. The number of benzene rings is 1. The zero-order valence-corrected chi connectivity index (χ0v) is 14.3. The van der Waals surface area contributed by atoms with Crippen molar-refractivity contribution >= 4 is 33.8 Å². The molecule has 2 heterocycles. The van der Waals surface area contributed by atoms with E-state index in [1.165, 1.54) is 15.9 Å². The predicted molar refractivity (Wildman–Crippen MR) is 98.1 cm³/mol. The fourth-order valence-corrected chi connectivity index (χ4v) is 3.74. The summed E-state index contributed by atoms with van der Waals surface area (Å²) >= 11 is 6.74. The van der Waals surface area contributed by atoms with E-state index in [0.29, 0.717) is 23.3 Å². The fraction of sp³-hybridized carbons (Fsp3) is 0.176. The number of fused-ring (bicyclic) bond motifs is 1. The molecule has 0 saturated heterocycles. The van der Waals surface area contributed by atoms with Crippen LogP contribution in [0.3, 0.4) is 0 Å². The first-order valence-electron chi connectivity index (χ1n) is 7.24. The molecule has 0 saturated carbocycles. The average Bonchev–Trinajstić information content (AvgIpc) is 2.96. The maximum Gasteiger partial charge on any atom is 0.263 e. The first-order chi connectivity index (χ1) is 11.2. The number of ether oxygens (including phenoxy) is 1. The van der Waals surface area contributed by atoms with Crippen LogP contribution in [-0.4, -0.2) is 16.2 Å². The Morgan fingerprint density at radius 2 is 2.13 bits per heavy atom. The summed E-state index contributed by atoms with van der Waals surface area (Å²) in [6.07, 6.45) is 1.67. The molecule has 0 aliphatic carbocycles. The quantitative estimate of drug-likeness (QED) is 0.552. The number of allylic oxidation sites excluding steroid dienone is 1. The van der Waals surface area contributed by atoms with E-state index in [9.17, 15) is 4.79 Å². The third-order valence-electron chi connectivity index (χ3n) is 3.50. The molecule has 118 valence electrons. The molecule has 3 aromatic rings. The normalized spacial score (nSPS) is 10.8. The van der Waals surface area contributed by atoms with Crippen LogP contribution in [0.2, 0.25) is 0 Å². The van der Waals surface area contributed by atoms with Crippen molar-refractivity contribution in [2.45, 2.75) is 13.5 Å². The monoisotopic (exact) mass is 344 g/mol. The number of H-pyrrole nitrogens is 1. The topological polar surface area (TPSA) is 47.0 Å². The van der Waals surface area contributed by atoms with Gasteiger partial charge in [0, 0.05) is 17.5 Å². The van der Waals surface area contributed by atoms with E-state index in [4.69, 9.17) is 17.0 Å². The van der Waals surface area contributed by atoms with Gasteiger partial charge in [0.15, 0.2) is 4.77 Å². The van der Waals surface area contributed by atoms with Crippen molar-refractivity contribution in [1.29, 1.82) is 0 Å². The van der Waals surface area contributed by atoms with Crippen molar-refractivity contribution in [1.82, 2.24) is 9.55 Å². The first kappa shape index (κ1) is 15.7. The summed E-state index contributed by atoms with van der Waals surface area (Å²) in [6.45, 7) is 6.65.